The van der Waals surface area contributed by atoms with Crippen LogP contribution in [0.3, 0.4) is 0 Å². The maximum atomic E-state index is 13.2. The number of fused-ring (bicyclic) bond motifs is 1. The first-order chi connectivity index (χ1) is 15.1. The van der Waals surface area contributed by atoms with Crippen LogP contribution in [0.15, 0.2) is 30.0 Å². The second-order valence-electron chi connectivity index (χ2n) is 6.99. The molecule has 0 unspecified atom stereocenters. The number of hydrogen-bond acceptors (Lipinski definition) is 7. The van der Waals surface area contributed by atoms with Gasteiger partial charge in [0.2, 0.25) is 11.4 Å². The van der Waals surface area contributed by atoms with Gasteiger partial charge in [-0.05, 0) is 18.2 Å². The summed E-state index contributed by atoms with van der Waals surface area (Å²) in [4.78, 5) is 37.7. The number of carbonyl (C=O) groups excluding carboxylic acids is 3. The molecule has 0 saturated heterocycles. The molecule has 4 rings (SSSR count). The average molecular weight is 518 g/mol. The van der Waals surface area contributed by atoms with E-state index in [2.05, 4.69) is 0 Å². The van der Waals surface area contributed by atoms with E-state index in [-0.39, 0.29) is 67.1 Å². The monoisotopic (exact) mass is 516 g/mol. The highest BCUT2D eigenvalue weighted by Gasteiger charge is 2.55. The predicted molar refractivity (Wildman–Crippen MR) is 117 cm³/mol. The van der Waals surface area contributed by atoms with Crippen molar-refractivity contribution in [3.8, 4) is 17.2 Å². The molecule has 2 aliphatic rings. The maximum Gasteiger partial charge on any atom is 0.345 e. The number of hydrogen-bond donors (Lipinski definition) is 1. The quantitative estimate of drug-likeness (QED) is 0.415. The standard InChI is InChI=1S/C21H12Cl4O7/c1-30-13-7-10(20(29)31-17-11(23)4-8(22)5-12(17)24)16(25)18-15(13)19(28)21(32-18)3-2-9(26)6-14(21)27/h4-7,27H,2-3H2,1H3/t21-/m0/s1. The van der Waals surface area contributed by atoms with E-state index in [9.17, 15) is 19.5 Å². The molecule has 0 radical (unpaired) electrons. The Morgan fingerprint density at radius 3 is 2.38 bits per heavy atom. The fraction of sp³-hybridized carbons (Fsp3) is 0.190. The molecule has 32 heavy (non-hydrogen) atoms. The number of carbonyl (C=O) groups is 3. The third-order valence-corrected chi connectivity index (χ3v) is 6.24. The number of allylic oxidation sites excluding steroid dienone is 1. The van der Waals surface area contributed by atoms with E-state index >= 15 is 0 Å². The summed E-state index contributed by atoms with van der Waals surface area (Å²) in [5.74, 6) is -2.84. The number of halogens is 4. The largest absolute Gasteiger partial charge is 0.507 e. The predicted octanol–water partition coefficient (Wildman–Crippen LogP) is 5.65. The number of benzene rings is 2. The maximum absolute atomic E-state index is 13.2. The lowest BCUT2D eigenvalue weighted by Gasteiger charge is -2.28. The molecule has 0 saturated carbocycles. The Morgan fingerprint density at radius 2 is 1.78 bits per heavy atom. The molecule has 11 heteroatoms. The van der Waals surface area contributed by atoms with Crippen molar-refractivity contribution in [3.05, 3.63) is 61.3 Å². The zero-order valence-corrected chi connectivity index (χ0v) is 19.2. The minimum atomic E-state index is -1.82. The van der Waals surface area contributed by atoms with Crippen LogP contribution in [-0.2, 0) is 4.79 Å². The molecule has 2 aromatic carbocycles. The number of rotatable bonds is 3. The fourth-order valence-corrected chi connectivity index (χ4v) is 4.69. The van der Waals surface area contributed by atoms with Crippen molar-refractivity contribution in [3.63, 3.8) is 0 Å². The molecular formula is C21H12Cl4O7. The topological polar surface area (TPSA) is 99.1 Å². The van der Waals surface area contributed by atoms with Crippen LogP contribution < -0.4 is 14.2 Å². The number of esters is 1. The first kappa shape index (κ1) is 22.7. The number of methoxy groups -OCH3 is 1. The number of ether oxygens (including phenoxy) is 3. The smallest absolute Gasteiger partial charge is 0.345 e. The van der Waals surface area contributed by atoms with Crippen LogP contribution >= 0.6 is 46.4 Å². The lowest BCUT2D eigenvalue weighted by Crippen LogP contribution is -2.45. The molecule has 1 aliphatic carbocycles. The Morgan fingerprint density at radius 1 is 1.12 bits per heavy atom. The van der Waals surface area contributed by atoms with Crippen LogP contribution in [0.4, 0.5) is 0 Å². The van der Waals surface area contributed by atoms with E-state index in [1.165, 1.54) is 25.3 Å². The first-order valence-corrected chi connectivity index (χ1v) is 10.5. The van der Waals surface area contributed by atoms with Crippen LogP contribution in [0.5, 0.6) is 17.2 Å². The van der Waals surface area contributed by atoms with Gasteiger partial charge in [-0.3, -0.25) is 9.59 Å². The molecule has 0 bridgehead atoms. The molecule has 2 aromatic rings. The zero-order valence-electron chi connectivity index (χ0n) is 16.1. The molecule has 1 aliphatic heterocycles. The third kappa shape index (κ3) is 3.49. The van der Waals surface area contributed by atoms with Crippen molar-refractivity contribution in [2.45, 2.75) is 18.4 Å². The Labute approximate surface area is 201 Å². The van der Waals surface area contributed by atoms with Crippen molar-refractivity contribution in [2.24, 2.45) is 0 Å². The SMILES string of the molecule is COc1cc(C(=O)Oc2c(Cl)cc(Cl)cc2Cl)c(Cl)c2c1C(=O)[C@@]1(CCC(=O)C=C1O)O2. The summed E-state index contributed by atoms with van der Waals surface area (Å²) >= 11 is 24.4. The fourth-order valence-electron chi connectivity index (χ4n) is 3.53. The summed E-state index contributed by atoms with van der Waals surface area (Å²) in [6.45, 7) is 0. The molecule has 1 atom stereocenters. The van der Waals surface area contributed by atoms with Crippen molar-refractivity contribution < 1.29 is 33.7 Å². The zero-order chi connectivity index (χ0) is 23.4. The van der Waals surface area contributed by atoms with Gasteiger partial charge in [0.15, 0.2) is 17.3 Å². The molecule has 7 nitrogen and oxygen atoms in total. The summed E-state index contributed by atoms with van der Waals surface area (Å²) < 4.78 is 16.4. The van der Waals surface area contributed by atoms with E-state index in [0.717, 1.165) is 6.08 Å². The Hall–Kier alpha value is -2.45. The van der Waals surface area contributed by atoms with Crippen LogP contribution in [-0.4, -0.2) is 35.4 Å². The van der Waals surface area contributed by atoms with Gasteiger partial charge in [0, 0.05) is 23.9 Å². The van der Waals surface area contributed by atoms with Crippen molar-refractivity contribution in [2.75, 3.05) is 7.11 Å². The number of aliphatic hydroxyl groups is 1. The van der Waals surface area contributed by atoms with E-state index in [1.807, 2.05) is 0 Å². The highest BCUT2D eigenvalue weighted by Crippen LogP contribution is 2.51. The number of ketones is 2. The van der Waals surface area contributed by atoms with Gasteiger partial charge in [0.1, 0.15) is 17.1 Å². The van der Waals surface area contributed by atoms with Gasteiger partial charge in [-0.2, -0.15) is 0 Å². The second-order valence-corrected chi connectivity index (χ2v) is 8.62. The van der Waals surface area contributed by atoms with E-state index < -0.39 is 23.1 Å². The van der Waals surface area contributed by atoms with Crippen LogP contribution in [0.25, 0.3) is 0 Å². The Kier molecular flexibility index (Phi) is 5.79. The van der Waals surface area contributed by atoms with E-state index in [1.54, 1.807) is 0 Å². The highest BCUT2D eigenvalue weighted by atomic mass is 35.5. The molecule has 1 heterocycles. The minimum Gasteiger partial charge on any atom is -0.507 e. The van der Waals surface area contributed by atoms with Crippen LogP contribution in [0.1, 0.15) is 33.6 Å². The third-order valence-electron chi connectivity index (χ3n) is 5.09. The Bertz CT molecular complexity index is 1210. The van der Waals surface area contributed by atoms with Gasteiger partial charge in [-0.1, -0.05) is 46.4 Å². The van der Waals surface area contributed by atoms with Gasteiger partial charge in [-0.25, -0.2) is 4.79 Å². The minimum absolute atomic E-state index is 0.00703. The van der Waals surface area contributed by atoms with Crippen molar-refractivity contribution >= 4 is 63.9 Å². The van der Waals surface area contributed by atoms with Gasteiger partial charge in [0.25, 0.3) is 0 Å². The molecule has 0 amide bonds. The Balaban J connectivity index is 1.78. The molecule has 166 valence electrons. The summed E-state index contributed by atoms with van der Waals surface area (Å²) in [5, 5.41) is 10.3. The molecular weight excluding hydrogens is 506 g/mol. The lowest BCUT2D eigenvalue weighted by molar-refractivity contribution is -0.116. The van der Waals surface area contributed by atoms with Gasteiger partial charge >= 0.3 is 5.97 Å². The molecule has 0 fully saturated rings. The van der Waals surface area contributed by atoms with Gasteiger partial charge in [0.05, 0.1) is 27.7 Å². The normalized spacial score (nSPS) is 19.5. The summed E-state index contributed by atoms with van der Waals surface area (Å²) in [6, 6.07) is 3.89. The van der Waals surface area contributed by atoms with E-state index in [0.29, 0.717) is 0 Å². The van der Waals surface area contributed by atoms with Gasteiger partial charge < -0.3 is 19.3 Å². The number of Topliss-reactive ketones (excluding diaryl/α,β-unsaturated/α-hetero) is 1. The highest BCUT2D eigenvalue weighted by molar-refractivity contribution is 6.40. The summed E-state index contributed by atoms with van der Waals surface area (Å²) in [6.07, 6.45) is 0.816. The number of aliphatic hydroxyl groups excluding tert-OH is 1. The second kappa shape index (κ2) is 8.15. The van der Waals surface area contributed by atoms with Crippen LogP contribution in [0.2, 0.25) is 20.1 Å². The van der Waals surface area contributed by atoms with E-state index in [4.69, 9.17) is 60.6 Å². The summed E-state index contributed by atoms with van der Waals surface area (Å²) in [5.41, 5.74) is -2.09. The average Bonchev–Trinajstić information content (AvgIpc) is 3.02. The molecule has 0 aromatic heterocycles. The van der Waals surface area contributed by atoms with Gasteiger partial charge in [-0.15, -0.1) is 0 Å². The van der Waals surface area contributed by atoms with Crippen molar-refractivity contribution in [1.82, 2.24) is 0 Å². The first-order valence-electron chi connectivity index (χ1n) is 9.04. The molecule has 1 N–H and O–H groups in total. The molecule has 1 spiro atoms. The van der Waals surface area contributed by atoms with Crippen molar-refractivity contribution in [1.29, 1.82) is 0 Å². The van der Waals surface area contributed by atoms with Crippen LogP contribution in [0, 0.1) is 0 Å². The lowest BCUT2D eigenvalue weighted by atomic mass is 9.83. The summed E-state index contributed by atoms with van der Waals surface area (Å²) in [7, 11) is 1.28.